The average molecular weight is 1440 g/mol. The van der Waals surface area contributed by atoms with Crippen LogP contribution in [0.3, 0.4) is 0 Å². The average Bonchev–Trinajstić information content (AvgIpc) is 2.03. The minimum atomic E-state index is -1.24. The van der Waals surface area contributed by atoms with Crippen LogP contribution in [0.5, 0.6) is 0 Å². The van der Waals surface area contributed by atoms with Crippen LogP contribution in [0.2, 0.25) is 0 Å². The molecule has 1 aliphatic rings. The Morgan fingerprint density at radius 2 is 0.567 bits per heavy atom. The first kappa shape index (κ1) is 90.3. The molecule has 0 unspecified atom stereocenters. The number of ketones is 2. The van der Waals surface area contributed by atoms with Crippen molar-refractivity contribution in [1.29, 1.82) is 0 Å². The van der Waals surface area contributed by atoms with E-state index in [1.165, 1.54) is 0 Å². The smallest absolute Gasteiger partial charge is 0.309 e. The fourth-order valence-electron chi connectivity index (χ4n) is 7.31. The molecule has 0 aromatic carbocycles. The third-order valence-corrected chi connectivity index (χ3v) is 14.5. The van der Waals surface area contributed by atoms with Crippen LogP contribution >= 0.6 is 21.6 Å². The van der Waals surface area contributed by atoms with Gasteiger partial charge >= 0.3 is 5.97 Å². The van der Waals surface area contributed by atoms with Crippen LogP contribution < -0.4 is 5.32 Å². The number of ether oxygens (including phenoxy) is 25. The summed E-state index contributed by atoms with van der Waals surface area (Å²) < 4.78 is 137. The molecule has 1 heterocycles. The summed E-state index contributed by atoms with van der Waals surface area (Å²) in [5.74, 6) is -0.610. The van der Waals surface area contributed by atoms with Gasteiger partial charge in [0.15, 0.2) is 11.6 Å². The Bertz CT molecular complexity index is 1840. The molecule has 0 bridgehead atoms. The van der Waals surface area contributed by atoms with Crippen molar-refractivity contribution in [2.45, 2.75) is 36.8 Å². The van der Waals surface area contributed by atoms with Crippen LogP contribution in [0.15, 0.2) is 29.4 Å². The predicted molar refractivity (Wildman–Crippen MR) is 354 cm³/mol. The van der Waals surface area contributed by atoms with Crippen molar-refractivity contribution in [2.75, 3.05) is 329 Å². The molecule has 0 saturated heterocycles. The van der Waals surface area contributed by atoms with E-state index >= 15 is 0 Å². The molecule has 97 heavy (non-hydrogen) atoms. The summed E-state index contributed by atoms with van der Waals surface area (Å²) in [4.78, 5) is 51.0. The topological polar surface area (TPSA) is 324 Å². The molecule has 1 amide bonds. The lowest BCUT2D eigenvalue weighted by Gasteiger charge is -2.10. The molecule has 31 nitrogen and oxygen atoms in total. The third kappa shape index (κ3) is 67.4. The molecule has 566 valence electrons. The molecule has 0 atom stereocenters. The van der Waals surface area contributed by atoms with Crippen molar-refractivity contribution >= 4 is 45.0 Å². The molecule has 1 N–H and O–H groups in total. The minimum absolute atomic E-state index is 0.00847. The van der Waals surface area contributed by atoms with Crippen molar-refractivity contribution in [3.05, 3.63) is 24.4 Å². The van der Waals surface area contributed by atoms with E-state index in [1.807, 2.05) is 18.2 Å². The summed E-state index contributed by atoms with van der Waals surface area (Å²) in [7, 11) is 3.18. The van der Waals surface area contributed by atoms with Crippen LogP contribution in [-0.2, 0) is 138 Å². The Kier molecular flexibility index (Phi) is 70.6. The number of carbonyl (C=O) groups excluding carboxylic acids is 4. The standard InChI is InChI=1S/C64H114N2O29S2/c67-59-4-5-60(68)64(59)95-63(70)6-10-71-12-14-73-16-18-75-20-22-77-24-26-79-28-30-81-32-34-83-36-38-85-40-42-87-44-46-89-48-50-91-52-54-93-56-57-94-55-53-92-51-49-90-47-45-88-43-41-86-39-37-84-35-33-82-31-29-80-27-25-78-23-21-76-19-17-74-15-13-72-11-9-65-61(69)7-58-96-97-62-3-1-2-8-66-62/h1-3,8,64H,4-7,9-58H2,(H,65,69). The summed E-state index contributed by atoms with van der Waals surface area (Å²) >= 11 is 0. The van der Waals surface area contributed by atoms with E-state index in [9.17, 15) is 19.2 Å². The van der Waals surface area contributed by atoms with E-state index < -0.39 is 12.1 Å². The molecule has 0 radical (unpaired) electrons. The number of rotatable bonds is 81. The first-order chi connectivity index (χ1) is 48.1. The second-order valence-corrected chi connectivity index (χ2v) is 22.4. The zero-order valence-electron chi connectivity index (χ0n) is 57.2. The molecule has 1 aliphatic carbocycles. The quantitative estimate of drug-likeness (QED) is 0.0422. The van der Waals surface area contributed by atoms with Crippen LogP contribution in [0.1, 0.15) is 25.7 Å². The van der Waals surface area contributed by atoms with Crippen molar-refractivity contribution in [3.8, 4) is 0 Å². The van der Waals surface area contributed by atoms with Gasteiger partial charge in [0.25, 0.3) is 0 Å². The van der Waals surface area contributed by atoms with E-state index in [1.54, 1.807) is 27.8 Å². The second kappa shape index (κ2) is 75.8. The normalized spacial score (nSPS) is 12.7. The summed E-state index contributed by atoms with van der Waals surface area (Å²) in [6, 6.07) is 5.77. The van der Waals surface area contributed by atoms with E-state index in [0.29, 0.717) is 323 Å². The van der Waals surface area contributed by atoms with Crippen LogP contribution in [0.25, 0.3) is 0 Å². The number of pyridine rings is 1. The summed E-state index contributed by atoms with van der Waals surface area (Å²) in [6.45, 7) is 22.1. The number of amides is 1. The van der Waals surface area contributed by atoms with Gasteiger partial charge in [-0.2, -0.15) is 0 Å². The van der Waals surface area contributed by atoms with E-state index in [-0.39, 0.29) is 49.9 Å². The molecule has 1 saturated carbocycles. The highest BCUT2D eigenvalue weighted by atomic mass is 33.1. The van der Waals surface area contributed by atoms with Crippen molar-refractivity contribution in [3.63, 3.8) is 0 Å². The zero-order valence-corrected chi connectivity index (χ0v) is 58.8. The molecule has 0 spiro atoms. The Balaban J connectivity index is 1.09. The highest BCUT2D eigenvalue weighted by molar-refractivity contribution is 8.76. The van der Waals surface area contributed by atoms with Gasteiger partial charge in [0, 0.05) is 37.8 Å². The lowest BCUT2D eigenvalue weighted by molar-refractivity contribution is -0.158. The number of esters is 1. The largest absolute Gasteiger partial charge is 0.446 e. The molecule has 33 heteroatoms. The first-order valence-electron chi connectivity index (χ1n) is 33.6. The maximum Gasteiger partial charge on any atom is 0.309 e. The Morgan fingerprint density at radius 3 is 0.804 bits per heavy atom. The second-order valence-electron chi connectivity index (χ2n) is 19.9. The Hall–Kier alpha value is -2.83. The molecule has 1 fully saturated rings. The van der Waals surface area contributed by atoms with Crippen molar-refractivity contribution < 1.29 is 138 Å². The summed E-state index contributed by atoms with van der Waals surface area (Å²) in [5.41, 5.74) is 0. The van der Waals surface area contributed by atoms with E-state index in [0.717, 1.165) is 5.03 Å². The first-order valence-corrected chi connectivity index (χ1v) is 36.0. The van der Waals surface area contributed by atoms with Crippen molar-refractivity contribution in [1.82, 2.24) is 10.3 Å². The molecule has 1 aromatic rings. The molecule has 1 aromatic heterocycles. The van der Waals surface area contributed by atoms with Gasteiger partial charge in [-0.1, -0.05) is 16.9 Å². The lowest BCUT2D eigenvalue weighted by atomic mass is 10.3. The molecular weight excluding hydrogens is 1320 g/mol. The fraction of sp³-hybridized carbons (Fsp3) is 0.859. The number of Topliss-reactive ketones (excluding diaryl/α,β-unsaturated/α-hetero) is 2. The van der Waals surface area contributed by atoms with Gasteiger partial charge in [0.2, 0.25) is 12.0 Å². The van der Waals surface area contributed by atoms with Gasteiger partial charge in [-0.15, -0.1) is 0 Å². The van der Waals surface area contributed by atoms with Gasteiger partial charge in [-0.05, 0) is 22.9 Å². The molecule has 0 aliphatic heterocycles. The number of aromatic nitrogens is 1. The third-order valence-electron chi connectivity index (χ3n) is 12.2. The zero-order chi connectivity index (χ0) is 69.0. The maximum atomic E-state index is 11.9. The summed E-state index contributed by atoms with van der Waals surface area (Å²) in [6.07, 6.45) is 1.17. The number of hydrogen-bond acceptors (Lipinski definition) is 32. The number of nitrogens with one attached hydrogen (secondary N) is 1. The van der Waals surface area contributed by atoms with E-state index in [4.69, 9.17) is 118 Å². The minimum Gasteiger partial charge on any atom is -0.446 e. The Morgan fingerprint density at radius 1 is 0.330 bits per heavy atom. The van der Waals surface area contributed by atoms with Crippen molar-refractivity contribution in [2.24, 2.45) is 0 Å². The van der Waals surface area contributed by atoms with Crippen LogP contribution in [0, 0.1) is 0 Å². The van der Waals surface area contributed by atoms with Gasteiger partial charge < -0.3 is 124 Å². The highest BCUT2D eigenvalue weighted by Crippen LogP contribution is 2.29. The predicted octanol–water partition coefficient (Wildman–Crippen LogP) is 1.96. The number of hydrogen-bond donors (Lipinski definition) is 1. The van der Waals surface area contributed by atoms with Gasteiger partial charge in [-0.25, -0.2) is 4.98 Å². The number of carbonyl (C=O) groups is 4. The monoisotopic (exact) mass is 1440 g/mol. The SMILES string of the molecule is O=C(CCSSc1ccccn1)NCCOCCOCCOCCOCCOCCOCCOCCOCCOCCOCCOCCOCCOCCOCCOCCOCCOCCOCCOCCOCCOCCOCCOCCOCCC(=O)OC1C(=O)CCC1=O. The number of nitrogens with zero attached hydrogens (tertiary/aromatic N) is 1. The van der Waals surface area contributed by atoms with Crippen LogP contribution in [-0.4, -0.2) is 364 Å². The van der Waals surface area contributed by atoms with E-state index in [2.05, 4.69) is 10.3 Å². The summed E-state index contributed by atoms with van der Waals surface area (Å²) in [5, 5.41) is 3.79. The van der Waals surface area contributed by atoms with Gasteiger partial charge in [-0.3, -0.25) is 19.2 Å². The van der Waals surface area contributed by atoms with Crippen LogP contribution in [0.4, 0.5) is 0 Å². The highest BCUT2D eigenvalue weighted by Gasteiger charge is 2.36. The molecule has 2 rings (SSSR count). The Labute approximate surface area is 581 Å². The lowest BCUT2D eigenvalue weighted by Crippen LogP contribution is -2.28. The maximum absolute atomic E-state index is 11.9. The fourth-order valence-corrected chi connectivity index (χ4v) is 9.18. The molecular formula is C64H114N2O29S2. The van der Waals surface area contributed by atoms with Gasteiger partial charge in [0.1, 0.15) is 5.03 Å². The van der Waals surface area contributed by atoms with Gasteiger partial charge in [0.05, 0.1) is 324 Å².